The van der Waals surface area contributed by atoms with Gasteiger partial charge >= 0.3 is 0 Å². The fourth-order valence-corrected chi connectivity index (χ4v) is 4.89. The van der Waals surface area contributed by atoms with Gasteiger partial charge in [0.25, 0.3) is 0 Å². The lowest BCUT2D eigenvalue weighted by Crippen LogP contribution is -2.60. The zero-order chi connectivity index (χ0) is 28.9. The summed E-state index contributed by atoms with van der Waals surface area (Å²) >= 11 is 0. The van der Waals surface area contributed by atoms with Crippen molar-refractivity contribution in [1.29, 1.82) is 0 Å². The zero-order valence-electron chi connectivity index (χ0n) is 20.6. The van der Waals surface area contributed by atoms with Crippen LogP contribution in [0.1, 0.15) is 11.7 Å². The van der Waals surface area contributed by atoms with Gasteiger partial charge in [-0.25, -0.2) is 0 Å². The highest BCUT2D eigenvalue weighted by Gasteiger charge is 2.50. The van der Waals surface area contributed by atoms with Crippen molar-refractivity contribution in [1.82, 2.24) is 0 Å². The Hall–Kier alpha value is -3.31. The topological polar surface area (TPSA) is 240 Å². The highest BCUT2D eigenvalue weighted by Crippen LogP contribution is 2.45. The van der Waals surface area contributed by atoms with Crippen LogP contribution in [0.2, 0.25) is 0 Å². The molecule has 216 valence electrons. The number of aliphatic hydroxyl groups is 6. The molecular weight excluding hydrogens is 536 g/mol. The van der Waals surface area contributed by atoms with Crippen molar-refractivity contribution in [3.63, 3.8) is 0 Å². The van der Waals surface area contributed by atoms with E-state index in [2.05, 4.69) is 0 Å². The third-order valence-electron chi connectivity index (χ3n) is 7.05. The molecular formula is C26H28O14. The molecule has 3 aromatic rings. The highest BCUT2D eigenvalue weighted by molar-refractivity contribution is 5.89. The largest absolute Gasteiger partial charge is 0.508 e. The minimum absolute atomic E-state index is 0.0283. The van der Waals surface area contributed by atoms with E-state index in [4.69, 9.17) is 18.6 Å². The van der Waals surface area contributed by atoms with Gasteiger partial charge in [-0.05, 0) is 24.3 Å². The maximum atomic E-state index is 13.1. The highest BCUT2D eigenvalue weighted by atomic mass is 16.7. The summed E-state index contributed by atoms with van der Waals surface area (Å²) in [4.78, 5) is 13.1. The average molecular weight is 564 g/mol. The van der Waals surface area contributed by atoms with Gasteiger partial charge in [0.1, 0.15) is 77.2 Å². The van der Waals surface area contributed by atoms with Gasteiger partial charge in [0, 0.05) is 17.7 Å². The second-order valence-corrected chi connectivity index (χ2v) is 9.66. The summed E-state index contributed by atoms with van der Waals surface area (Å²) in [5.41, 5.74) is -1.07. The molecule has 0 spiro atoms. The van der Waals surface area contributed by atoms with Crippen molar-refractivity contribution in [2.75, 3.05) is 13.2 Å². The summed E-state index contributed by atoms with van der Waals surface area (Å²) < 4.78 is 22.7. The Morgan fingerprint density at radius 3 is 2.25 bits per heavy atom. The molecule has 9 N–H and O–H groups in total. The van der Waals surface area contributed by atoms with Gasteiger partial charge in [0.15, 0.2) is 17.3 Å². The quantitative estimate of drug-likeness (QED) is 0.172. The first-order valence-electron chi connectivity index (χ1n) is 12.3. The normalized spacial score (nSPS) is 32.8. The van der Waals surface area contributed by atoms with Crippen molar-refractivity contribution in [3.05, 3.63) is 52.2 Å². The smallest absolute Gasteiger partial charge is 0.197 e. The van der Waals surface area contributed by atoms with E-state index < -0.39 is 85.3 Å². The second-order valence-electron chi connectivity index (χ2n) is 9.66. The van der Waals surface area contributed by atoms with Gasteiger partial charge in [0.05, 0.1) is 18.8 Å². The maximum Gasteiger partial charge on any atom is 0.197 e. The Morgan fingerprint density at radius 2 is 1.57 bits per heavy atom. The molecule has 3 unspecified atom stereocenters. The summed E-state index contributed by atoms with van der Waals surface area (Å²) in [6, 6.07) is 7.52. The molecule has 1 aromatic heterocycles. The molecule has 0 aliphatic carbocycles. The van der Waals surface area contributed by atoms with Gasteiger partial charge in [-0.2, -0.15) is 0 Å². The van der Waals surface area contributed by atoms with Crippen LogP contribution in [0.3, 0.4) is 0 Å². The molecule has 0 amide bonds. The predicted molar refractivity (Wildman–Crippen MR) is 132 cm³/mol. The molecule has 2 aromatic carbocycles. The first kappa shape index (κ1) is 28.2. The van der Waals surface area contributed by atoms with Gasteiger partial charge in [0.2, 0.25) is 0 Å². The third kappa shape index (κ3) is 4.89. The van der Waals surface area contributed by atoms with E-state index >= 15 is 0 Å². The van der Waals surface area contributed by atoms with E-state index in [1.165, 1.54) is 24.3 Å². The third-order valence-corrected chi connectivity index (χ3v) is 7.05. The summed E-state index contributed by atoms with van der Waals surface area (Å²) in [6.45, 7) is -1.23. The van der Waals surface area contributed by atoms with E-state index in [0.29, 0.717) is 5.56 Å². The van der Waals surface area contributed by atoms with E-state index in [-0.39, 0.29) is 28.0 Å². The van der Waals surface area contributed by atoms with Crippen LogP contribution >= 0.6 is 0 Å². The first-order valence-corrected chi connectivity index (χ1v) is 12.3. The van der Waals surface area contributed by atoms with Crippen molar-refractivity contribution < 1.29 is 64.6 Å². The number of hydrogen-bond donors (Lipinski definition) is 9. The standard InChI is InChI=1S/C26H28O14/c27-7-16-20(34)21(35)25(40-26-22(36)19(33)14(32)8-37-26)24(39-16)18-12(30)5-11(29)17-13(31)6-15(38-23(17)18)9-1-3-10(28)4-2-9/h1-6,14,16,19-22,24-30,32-36H,7-8H2/t14-,16?,19+,20-,21+,22?,24+,25?,26+/m1/s1. The summed E-state index contributed by atoms with van der Waals surface area (Å²) in [5, 5.41) is 92.2. The van der Waals surface area contributed by atoms with Crippen LogP contribution in [0.5, 0.6) is 17.2 Å². The summed E-state index contributed by atoms with van der Waals surface area (Å²) in [6.07, 6.45) is -14.8. The van der Waals surface area contributed by atoms with E-state index in [1.807, 2.05) is 0 Å². The molecule has 0 bridgehead atoms. The van der Waals surface area contributed by atoms with Gasteiger partial charge in [-0.3, -0.25) is 4.79 Å². The number of rotatable bonds is 5. The van der Waals surface area contributed by atoms with Crippen molar-refractivity contribution >= 4 is 11.0 Å². The number of aliphatic hydroxyl groups excluding tert-OH is 6. The number of phenols is 3. The number of fused-ring (bicyclic) bond motifs is 1. The molecule has 0 radical (unpaired) electrons. The van der Waals surface area contributed by atoms with Gasteiger partial charge in [-0.1, -0.05) is 0 Å². The number of aromatic hydroxyl groups is 3. The van der Waals surface area contributed by atoms with E-state index in [0.717, 1.165) is 12.1 Å². The van der Waals surface area contributed by atoms with Gasteiger partial charge in [-0.15, -0.1) is 0 Å². The molecule has 2 aliphatic rings. The van der Waals surface area contributed by atoms with Gasteiger partial charge < -0.3 is 64.6 Å². The zero-order valence-corrected chi connectivity index (χ0v) is 20.6. The lowest BCUT2D eigenvalue weighted by atomic mass is 9.89. The lowest BCUT2D eigenvalue weighted by Gasteiger charge is -2.45. The van der Waals surface area contributed by atoms with Crippen LogP contribution in [-0.2, 0) is 14.2 Å². The Kier molecular flexibility index (Phi) is 7.71. The maximum absolute atomic E-state index is 13.1. The van der Waals surface area contributed by atoms with E-state index in [1.54, 1.807) is 0 Å². The fourth-order valence-electron chi connectivity index (χ4n) is 4.89. The Balaban J connectivity index is 1.66. The van der Waals surface area contributed by atoms with Crippen LogP contribution in [0.15, 0.2) is 45.6 Å². The van der Waals surface area contributed by atoms with Crippen LogP contribution in [-0.4, -0.2) is 108 Å². The second kappa shape index (κ2) is 10.9. The lowest BCUT2D eigenvalue weighted by molar-refractivity contribution is -0.325. The molecule has 2 aliphatic heterocycles. The monoisotopic (exact) mass is 564 g/mol. The number of ether oxygens (including phenoxy) is 3. The molecule has 2 fully saturated rings. The molecule has 0 saturated carbocycles. The minimum Gasteiger partial charge on any atom is -0.508 e. The fraction of sp³-hybridized carbons (Fsp3) is 0.423. The van der Waals surface area contributed by atoms with E-state index in [9.17, 15) is 50.8 Å². The van der Waals surface area contributed by atoms with Crippen molar-refractivity contribution in [2.45, 2.75) is 55.1 Å². The molecule has 5 rings (SSSR count). The first-order chi connectivity index (χ1) is 19.0. The summed E-state index contributed by atoms with van der Waals surface area (Å²) in [5.74, 6) is -1.39. The molecule has 3 heterocycles. The van der Waals surface area contributed by atoms with Crippen molar-refractivity contribution in [3.8, 4) is 28.6 Å². The molecule has 9 atom stereocenters. The Morgan fingerprint density at radius 1 is 0.875 bits per heavy atom. The average Bonchev–Trinajstić information content (AvgIpc) is 2.92. The molecule has 2 saturated heterocycles. The van der Waals surface area contributed by atoms with Crippen LogP contribution < -0.4 is 5.43 Å². The van der Waals surface area contributed by atoms with Crippen LogP contribution in [0.25, 0.3) is 22.3 Å². The molecule has 14 heteroatoms. The Bertz CT molecular complexity index is 1420. The summed E-state index contributed by atoms with van der Waals surface area (Å²) in [7, 11) is 0. The molecule has 40 heavy (non-hydrogen) atoms. The minimum atomic E-state index is -1.84. The Labute approximate surface area is 225 Å². The van der Waals surface area contributed by atoms with Crippen molar-refractivity contribution in [2.24, 2.45) is 0 Å². The number of phenolic OH excluding ortho intramolecular Hbond substituents is 3. The molecule has 14 nitrogen and oxygen atoms in total. The van der Waals surface area contributed by atoms with Crippen LogP contribution in [0.4, 0.5) is 0 Å². The SMILES string of the molecule is O=c1cc(-c2ccc(O)cc2)oc2c([C@@H]3OC(CO)[C@@H](O)[C@H](O)C3O[C@@H]3OC[C@@H](O)[C@H](O)C3O)c(O)cc(O)c12. The number of hydrogen-bond acceptors (Lipinski definition) is 14. The predicted octanol–water partition coefficient (Wildman–Crippen LogP) is -1.45. The van der Waals surface area contributed by atoms with Crippen LogP contribution in [0, 0.1) is 0 Å². The number of benzene rings is 2.